The summed E-state index contributed by atoms with van der Waals surface area (Å²) in [6.07, 6.45) is 3.75. The highest BCUT2D eigenvalue weighted by molar-refractivity contribution is 8.29. The van der Waals surface area contributed by atoms with Gasteiger partial charge in [0.1, 0.15) is 17.4 Å². The van der Waals surface area contributed by atoms with E-state index in [1.807, 2.05) is 25.1 Å². The summed E-state index contributed by atoms with van der Waals surface area (Å²) in [5.41, 5.74) is 2.17. The Bertz CT molecular complexity index is 1000. The number of hydrogen-bond acceptors (Lipinski definition) is 5. The van der Waals surface area contributed by atoms with E-state index in [9.17, 15) is 10.1 Å². The molecule has 0 spiro atoms. The Balaban J connectivity index is 1.78. The number of benzene rings is 1. The Kier molecular flexibility index (Phi) is 4.43. The minimum absolute atomic E-state index is 0.0215. The molecule has 2 aliphatic rings. The minimum atomic E-state index is -0.349. The molecule has 1 N–H and O–H groups in total. The van der Waals surface area contributed by atoms with E-state index in [2.05, 4.69) is 26.7 Å². The standard InChI is InChI=1S/C19H18N4O2S/c1-2-25-18-13(8-20)9-21-16-6-3-12(7-15(16)18)10-26-11-17(24)23-19(26)22-14-4-5-14/h3,6-7,9-10,14H,2,4-5,11H2,1H3,(H,22,23,24). The molecule has 6 nitrogen and oxygen atoms in total. The number of amides is 1. The number of carbonyl (C=O) groups is 1. The number of hydrogen-bond donors (Lipinski definition) is 1. The zero-order valence-electron chi connectivity index (χ0n) is 14.4. The fourth-order valence-electron chi connectivity index (χ4n) is 2.80. The highest BCUT2D eigenvalue weighted by atomic mass is 32.2. The molecule has 2 aromatic rings. The maximum atomic E-state index is 11.8. The number of carbonyl (C=O) groups excluding carboxylic acids is 1. The molecule has 1 saturated heterocycles. The lowest BCUT2D eigenvalue weighted by molar-refractivity contribution is -0.116. The van der Waals surface area contributed by atoms with Gasteiger partial charge in [0.05, 0.1) is 23.9 Å². The molecule has 132 valence electrons. The summed E-state index contributed by atoms with van der Waals surface area (Å²) in [5, 5.41) is 15.9. The van der Waals surface area contributed by atoms with Crippen molar-refractivity contribution in [2.45, 2.75) is 25.8 Å². The number of nitriles is 1. The highest BCUT2D eigenvalue weighted by Crippen LogP contribution is 2.31. The second-order valence-electron chi connectivity index (χ2n) is 6.23. The van der Waals surface area contributed by atoms with Crippen LogP contribution in [0.3, 0.4) is 0 Å². The van der Waals surface area contributed by atoms with Gasteiger partial charge in [0, 0.05) is 11.6 Å². The Hall–Kier alpha value is -2.72. The normalized spacial score (nSPS) is 21.2. The summed E-state index contributed by atoms with van der Waals surface area (Å²) < 4.78 is 5.70. The molecule has 1 aromatic carbocycles. The fraction of sp³-hybridized carbons (Fsp3) is 0.316. The number of pyridine rings is 1. The Morgan fingerprint density at radius 3 is 3.08 bits per heavy atom. The quantitative estimate of drug-likeness (QED) is 0.843. The molecule has 1 amide bonds. The van der Waals surface area contributed by atoms with Crippen LogP contribution in [0.2, 0.25) is 0 Å². The topological polar surface area (TPSA) is 87.4 Å². The van der Waals surface area contributed by atoms with Crippen LogP contribution in [0.25, 0.3) is 10.9 Å². The lowest BCUT2D eigenvalue weighted by Crippen LogP contribution is -2.20. The van der Waals surface area contributed by atoms with Crippen molar-refractivity contribution in [2.75, 3.05) is 12.4 Å². The van der Waals surface area contributed by atoms with Gasteiger partial charge in [-0.2, -0.15) is 5.26 Å². The lowest BCUT2D eigenvalue weighted by atomic mass is 10.1. The van der Waals surface area contributed by atoms with E-state index in [-0.39, 0.29) is 16.4 Å². The molecule has 0 radical (unpaired) electrons. The van der Waals surface area contributed by atoms with E-state index in [1.165, 1.54) is 0 Å². The second-order valence-corrected chi connectivity index (χ2v) is 8.00. The van der Waals surface area contributed by atoms with Crippen LogP contribution in [-0.2, 0) is 4.79 Å². The first-order chi connectivity index (χ1) is 12.7. The van der Waals surface area contributed by atoms with Gasteiger partial charge in [-0.3, -0.25) is 14.8 Å². The first kappa shape index (κ1) is 16.7. The predicted molar refractivity (Wildman–Crippen MR) is 104 cm³/mol. The van der Waals surface area contributed by atoms with Crippen molar-refractivity contribution in [3.8, 4) is 11.8 Å². The molecule has 1 aromatic heterocycles. The second kappa shape index (κ2) is 6.89. The average molecular weight is 366 g/mol. The summed E-state index contributed by atoms with van der Waals surface area (Å²) in [4.78, 5) is 20.8. The first-order valence-electron chi connectivity index (χ1n) is 8.56. The van der Waals surface area contributed by atoms with Gasteiger partial charge in [-0.25, -0.2) is 0 Å². The van der Waals surface area contributed by atoms with E-state index in [0.29, 0.717) is 29.7 Å². The molecule has 1 saturated carbocycles. The molecule has 0 bridgehead atoms. The number of nitrogens with one attached hydrogen (secondary N) is 1. The summed E-state index contributed by atoms with van der Waals surface area (Å²) in [5.74, 6) is 1.03. The summed E-state index contributed by atoms with van der Waals surface area (Å²) in [6.45, 7) is 2.37. The van der Waals surface area contributed by atoms with Crippen molar-refractivity contribution in [1.82, 2.24) is 10.3 Å². The molecular formula is C19H18N4O2S. The number of aliphatic imine (C=N–C) groups is 1. The maximum absolute atomic E-state index is 11.8. The average Bonchev–Trinajstić information content (AvgIpc) is 3.38. The third kappa shape index (κ3) is 3.33. The largest absolute Gasteiger partial charge is 0.492 e. The van der Waals surface area contributed by atoms with Crippen LogP contribution in [0.4, 0.5) is 0 Å². The van der Waals surface area contributed by atoms with E-state index in [0.717, 1.165) is 34.5 Å². The van der Waals surface area contributed by atoms with Gasteiger partial charge in [0.2, 0.25) is 5.91 Å². The number of ether oxygens (including phenoxy) is 1. The zero-order chi connectivity index (χ0) is 18.1. The van der Waals surface area contributed by atoms with Crippen molar-refractivity contribution in [1.29, 1.82) is 5.26 Å². The summed E-state index contributed by atoms with van der Waals surface area (Å²) in [7, 11) is -0.349. The summed E-state index contributed by atoms with van der Waals surface area (Å²) in [6, 6.07) is 8.37. The minimum Gasteiger partial charge on any atom is -0.492 e. The number of rotatable bonds is 4. The van der Waals surface area contributed by atoms with Gasteiger partial charge < -0.3 is 10.1 Å². The molecule has 1 aliphatic heterocycles. The van der Waals surface area contributed by atoms with Crippen LogP contribution in [0.15, 0.2) is 29.4 Å². The van der Waals surface area contributed by atoms with Crippen molar-refractivity contribution >= 4 is 37.8 Å². The number of amidine groups is 1. The van der Waals surface area contributed by atoms with Crippen molar-refractivity contribution < 1.29 is 9.53 Å². The van der Waals surface area contributed by atoms with Crippen molar-refractivity contribution in [3.05, 3.63) is 35.5 Å². The van der Waals surface area contributed by atoms with E-state index < -0.39 is 0 Å². The van der Waals surface area contributed by atoms with Crippen LogP contribution < -0.4 is 10.1 Å². The molecule has 2 fully saturated rings. The molecule has 1 unspecified atom stereocenters. The molecular weight excluding hydrogens is 348 g/mol. The molecule has 4 rings (SSSR count). The van der Waals surface area contributed by atoms with Gasteiger partial charge >= 0.3 is 0 Å². The Morgan fingerprint density at radius 2 is 2.35 bits per heavy atom. The van der Waals surface area contributed by atoms with E-state index in [4.69, 9.17) is 4.74 Å². The zero-order valence-corrected chi connectivity index (χ0v) is 15.2. The van der Waals surface area contributed by atoms with Gasteiger partial charge in [0.15, 0.2) is 5.17 Å². The SMILES string of the molecule is CCOc1c(C#N)cnc2ccc(/C=S3/CC(=O)NC3=NC3CC3)cc12. The van der Waals surface area contributed by atoms with Gasteiger partial charge in [-0.1, -0.05) is 6.07 Å². The molecule has 1 atom stereocenters. The monoisotopic (exact) mass is 366 g/mol. The lowest BCUT2D eigenvalue weighted by Gasteiger charge is -2.10. The maximum Gasteiger partial charge on any atom is 0.235 e. The molecule has 7 heteroatoms. The molecule has 2 heterocycles. The number of fused-ring (bicyclic) bond motifs is 1. The van der Waals surface area contributed by atoms with Crippen LogP contribution in [-0.4, -0.2) is 39.8 Å². The third-order valence-corrected chi connectivity index (χ3v) is 5.99. The van der Waals surface area contributed by atoms with E-state index >= 15 is 0 Å². The smallest absolute Gasteiger partial charge is 0.235 e. The molecule has 26 heavy (non-hydrogen) atoms. The fourth-order valence-corrected chi connectivity index (χ4v) is 4.49. The van der Waals surface area contributed by atoms with Crippen LogP contribution >= 0.6 is 10.5 Å². The van der Waals surface area contributed by atoms with Crippen molar-refractivity contribution in [2.24, 2.45) is 4.99 Å². The Morgan fingerprint density at radius 1 is 1.50 bits per heavy atom. The van der Waals surface area contributed by atoms with Gasteiger partial charge in [0.25, 0.3) is 0 Å². The number of aromatic nitrogens is 1. The van der Waals surface area contributed by atoms with Gasteiger partial charge in [-0.15, -0.1) is 10.5 Å². The Labute approximate surface area is 153 Å². The number of nitrogens with zero attached hydrogens (tertiary/aromatic N) is 3. The highest BCUT2D eigenvalue weighted by Gasteiger charge is 2.26. The van der Waals surface area contributed by atoms with Crippen LogP contribution in [0.1, 0.15) is 30.9 Å². The van der Waals surface area contributed by atoms with Crippen LogP contribution in [0, 0.1) is 11.3 Å². The summed E-state index contributed by atoms with van der Waals surface area (Å²) >= 11 is 0. The van der Waals surface area contributed by atoms with E-state index in [1.54, 1.807) is 6.20 Å². The van der Waals surface area contributed by atoms with Gasteiger partial charge in [-0.05, 0) is 42.8 Å². The predicted octanol–water partition coefficient (Wildman–Crippen LogP) is 2.57. The van der Waals surface area contributed by atoms with Crippen molar-refractivity contribution in [3.63, 3.8) is 0 Å². The third-order valence-electron chi connectivity index (χ3n) is 4.16. The van der Waals surface area contributed by atoms with Crippen LogP contribution in [0.5, 0.6) is 5.75 Å². The first-order valence-corrected chi connectivity index (χ1v) is 10.0. The molecule has 1 aliphatic carbocycles.